The predicted octanol–water partition coefficient (Wildman–Crippen LogP) is 2.17. The van der Waals surface area contributed by atoms with E-state index in [9.17, 15) is 18.8 Å². The SMILES string of the molecule is C[C@@H](NC(=O)CN1C(=O)N[C@@H](Cc2ccccc2)C1=O)c1ccc(F)cc1. The smallest absolute Gasteiger partial charge is 0.325 e. The summed E-state index contributed by atoms with van der Waals surface area (Å²) >= 11 is 0. The van der Waals surface area contributed by atoms with Crippen molar-refractivity contribution >= 4 is 17.8 Å². The number of benzene rings is 2. The third-order valence-corrected chi connectivity index (χ3v) is 4.44. The van der Waals surface area contributed by atoms with Gasteiger partial charge in [-0.1, -0.05) is 42.5 Å². The first-order valence-electron chi connectivity index (χ1n) is 8.64. The Hall–Kier alpha value is -3.22. The number of carbonyl (C=O) groups excluding carboxylic acids is 3. The number of halogens is 1. The van der Waals surface area contributed by atoms with Crippen molar-refractivity contribution in [3.05, 3.63) is 71.5 Å². The molecule has 2 aromatic rings. The molecule has 0 saturated carbocycles. The van der Waals surface area contributed by atoms with Gasteiger partial charge in [-0.05, 0) is 30.2 Å². The van der Waals surface area contributed by atoms with Crippen molar-refractivity contribution in [2.45, 2.75) is 25.4 Å². The lowest BCUT2D eigenvalue weighted by atomic mass is 10.1. The minimum Gasteiger partial charge on any atom is -0.348 e. The lowest BCUT2D eigenvalue weighted by Crippen LogP contribution is -2.42. The molecule has 4 amide bonds. The van der Waals surface area contributed by atoms with Gasteiger partial charge >= 0.3 is 6.03 Å². The number of imide groups is 1. The van der Waals surface area contributed by atoms with E-state index in [-0.39, 0.29) is 18.4 Å². The van der Waals surface area contributed by atoms with Gasteiger partial charge in [-0.2, -0.15) is 0 Å². The zero-order chi connectivity index (χ0) is 19.4. The molecule has 2 atom stereocenters. The molecule has 0 aliphatic carbocycles. The van der Waals surface area contributed by atoms with Gasteiger partial charge in [-0.15, -0.1) is 0 Å². The summed E-state index contributed by atoms with van der Waals surface area (Å²) < 4.78 is 13.0. The zero-order valence-corrected chi connectivity index (χ0v) is 14.8. The summed E-state index contributed by atoms with van der Waals surface area (Å²) in [4.78, 5) is 37.7. The van der Waals surface area contributed by atoms with Crippen LogP contribution in [0, 0.1) is 5.82 Å². The maximum atomic E-state index is 13.0. The number of hydrogen-bond acceptors (Lipinski definition) is 3. The van der Waals surface area contributed by atoms with Crippen molar-refractivity contribution < 1.29 is 18.8 Å². The molecule has 6 nitrogen and oxygen atoms in total. The molecule has 1 aliphatic heterocycles. The summed E-state index contributed by atoms with van der Waals surface area (Å²) in [5, 5.41) is 5.33. The van der Waals surface area contributed by atoms with Crippen LogP contribution in [0.5, 0.6) is 0 Å². The van der Waals surface area contributed by atoms with Crippen LogP contribution in [-0.4, -0.2) is 35.3 Å². The Morgan fingerprint density at radius 2 is 1.81 bits per heavy atom. The predicted molar refractivity (Wildman–Crippen MR) is 97.1 cm³/mol. The van der Waals surface area contributed by atoms with E-state index >= 15 is 0 Å². The minimum absolute atomic E-state index is 0.360. The van der Waals surface area contributed by atoms with Gasteiger partial charge in [0.25, 0.3) is 5.91 Å². The average molecular weight is 369 g/mol. The van der Waals surface area contributed by atoms with E-state index in [0.717, 1.165) is 16.0 Å². The summed E-state index contributed by atoms with van der Waals surface area (Å²) in [7, 11) is 0. The normalized spacial score (nSPS) is 17.6. The fraction of sp³-hybridized carbons (Fsp3) is 0.250. The van der Waals surface area contributed by atoms with Crippen molar-refractivity contribution in [3.8, 4) is 0 Å². The van der Waals surface area contributed by atoms with E-state index in [4.69, 9.17) is 0 Å². The van der Waals surface area contributed by atoms with Crippen LogP contribution in [0.25, 0.3) is 0 Å². The van der Waals surface area contributed by atoms with E-state index in [1.165, 1.54) is 12.1 Å². The summed E-state index contributed by atoms with van der Waals surface area (Å²) in [6.45, 7) is 1.39. The second-order valence-corrected chi connectivity index (χ2v) is 6.46. The average Bonchev–Trinajstić information content (AvgIpc) is 2.90. The topological polar surface area (TPSA) is 78.5 Å². The number of nitrogens with zero attached hydrogens (tertiary/aromatic N) is 1. The van der Waals surface area contributed by atoms with Gasteiger partial charge < -0.3 is 10.6 Å². The Bertz CT molecular complexity index is 839. The molecule has 0 bridgehead atoms. The first-order chi connectivity index (χ1) is 12.9. The largest absolute Gasteiger partial charge is 0.348 e. The molecule has 1 aliphatic rings. The molecule has 2 aromatic carbocycles. The van der Waals surface area contributed by atoms with E-state index in [1.807, 2.05) is 30.3 Å². The van der Waals surface area contributed by atoms with Crippen LogP contribution in [0.4, 0.5) is 9.18 Å². The van der Waals surface area contributed by atoms with E-state index < -0.39 is 23.9 Å². The third kappa shape index (κ3) is 4.49. The number of urea groups is 1. The maximum absolute atomic E-state index is 13.0. The van der Waals surface area contributed by atoms with Crippen molar-refractivity contribution in [1.82, 2.24) is 15.5 Å². The highest BCUT2D eigenvalue weighted by Gasteiger charge is 2.38. The van der Waals surface area contributed by atoms with E-state index in [1.54, 1.807) is 19.1 Å². The van der Waals surface area contributed by atoms with Gasteiger partial charge in [0.05, 0.1) is 6.04 Å². The molecule has 27 heavy (non-hydrogen) atoms. The van der Waals surface area contributed by atoms with Crippen LogP contribution >= 0.6 is 0 Å². The highest BCUT2D eigenvalue weighted by atomic mass is 19.1. The standard InChI is InChI=1S/C20H20FN3O3/c1-13(15-7-9-16(21)10-8-15)22-18(25)12-24-19(26)17(23-20(24)27)11-14-5-3-2-4-6-14/h2-10,13,17H,11-12H2,1H3,(H,22,25)(H,23,27)/t13-,17+/m1/s1. The van der Waals surface area contributed by atoms with Gasteiger partial charge in [0.15, 0.2) is 0 Å². The highest BCUT2D eigenvalue weighted by Crippen LogP contribution is 2.14. The summed E-state index contributed by atoms with van der Waals surface area (Å²) in [6, 6.07) is 13.5. The second-order valence-electron chi connectivity index (χ2n) is 6.46. The molecule has 140 valence electrons. The van der Waals surface area contributed by atoms with Crippen LogP contribution < -0.4 is 10.6 Å². The van der Waals surface area contributed by atoms with Crippen molar-refractivity contribution in [1.29, 1.82) is 0 Å². The molecular weight excluding hydrogens is 349 g/mol. The number of carbonyl (C=O) groups is 3. The Morgan fingerprint density at radius 3 is 2.48 bits per heavy atom. The molecule has 3 rings (SSSR count). The molecular formula is C20H20FN3O3. The van der Waals surface area contributed by atoms with Gasteiger partial charge in [-0.25, -0.2) is 9.18 Å². The van der Waals surface area contributed by atoms with Gasteiger partial charge in [0.1, 0.15) is 18.4 Å². The molecule has 2 N–H and O–H groups in total. The molecule has 0 unspecified atom stereocenters. The number of rotatable bonds is 6. The molecule has 1 heterocycles. The molecule has 0 spiro atoms. The second kappa shape index (κ2) is 7.99. The van der Waals surface area contributed by atoms with Crippen LogP contribution in [0.15, 0.2) is 54.6 Å². The molecule has 1 fully saturated rings. The lowest BCUT2D eigenvalue weighted by Gasteiger charge is -2.17. The van der Waals surface area contributed by atoms with Gasteiger partial charge in [0, 0.05) is 6.42 Å². The van der Waals surface area contributed by atoms with E-state index in [2.05, 4.69) is 10.6 Å². The van der Waals surface area contributed by atoms with Crippen LogP contribution in [0.1, 0.15) is 24.1 Å². The van der Waals surface area contributed by atoms with Crippen LogP contribution in [-0.2, 0) is 16.0 Å². The monoisotopic (exact) mass is 369 g/mol. The molecule has 0 radical (unpaired) electrons. The molecule has 7 heteroatoms. The Kier molecular flexibility index (Phi) is 5.49. The molecule has 1 saturated heterocycles. The van der Waals surface area contributed by atoms with Crippen molar-refractivity contribution in [3.63, 3.8) is 0 Å². The highest BCUT2D eigenvalue weighted by molar-refractivity contribution is 6.06. The quantitative estimate of drug-likeness (QED) is 0.766. The summed E-state index contributed by atoms with van der Waals surface area (Å²) in [6.07, 6.45) is 0.371. The van der Waals surface area contributed by atoms with Crippen LogP contribution in [0.3, 0.4) is 0 Å². The first-order valence-corrected chi connectivity index (χ1v) is 8.64. The van der Waals surface area contributed by atoms with Gasteiger partial charge in [-0.3, -0.25) is 14.5 Å². The minimum atomic E-state index is -0.678. The van der Waals surface area contributed by atoms with Gasteiger partial charge in [0.2, 0.25) is 5.91 Å². The Balaban J connectivity index is 1.58. The fourth-order valence-corrected chi connectivity index (χ4v) is 2.98. The third-order valence-electron chi connectivity index (χ3n) is 4.44. The van der Waals surface area contributed by atoms with Crippen LogP contribution in [0.2, 0.25) is 0 Å². The first kappa shape index (κ1) is 18.6. The van der Waals surface area contributed by atoms with Crippen molar-refractivity contribution in [2.24, 2.45) is 0 Å². The maximum Gasteiger partial charge on any atom is 0.325 e. The number of amides is 4. The zero-order valence-electron chi connectivity index (χ0n) is 14.8. The van der Waals surface area contributed by atoms with E-state index in [0.29, 0.717) is 6.42 Å². The Morgan fingerprint density at radius 1 is 1.15 bits per heavy atom. The summed E-state index contributed by atoms with van der Waals surface area (Å²) in [5.74, 6) is -1.25. The van der Waals surface area contributed by atoms with Crippen molar-refractivity contribution in [2.75, 3.05) is 6.54 Å². The number of nitrogens with one attached hydrogen (secondary N) is 2. The fourth-order valence-electron chi connectivity index (χ4n) is 2.98. The Labute approximate surface area is 156 Å². The lowest BCUT2D eigenvalue weighted by molar-refractivity contribution is -0.132. The molecule has 0 aromatic heterocycles. The number of hydrogen-bond donors (Lipinski definition) is 2. The summed E-state index contributed by atoms with van der Waals surface area (Å²) in [5.41, 5.74) is 1.65.